The third-order valence-corrected chi connectivity index (χ3v) is 24.3. The minimum atomic E-state index is 0.104. The van der Waals surface area contributed by atoms with Crippen LogP contribution in [0.1, 0.15) is 201 Å². The van der Waals surface area contributed by atoms with Gasteiger partial charge in [0.15, 0.2) is 0 Å². The van der Waals surface area contributed by atoms with Crippen LogP contribution in [0.25, 0.3) is 0 Å². The Morgan fingerprint density at radius 3 is 2.04 bits per heavy atom. The molecule has 304 valence electrons. The Hall–Kier alpha value is 0.430. The standard InChI is InChI=1S/C50H91IN/c1-18-19-20-21-35(6)46(13,14)52-37(8)50-29-24-38(33(2)3)43(50)39-22-23-41-47(15)27-26-42(51-36(7)32-44(9,10)34(4)5)45(11,12)40(47)25-28-49(41,17)48(39,16)30-31-50/h20-21,33-43,52H,18-19,22-32H2,1-17H3/q-1/b21-20-. The summed E-state index contributed by atoms with van der Waals surface area (Å²) in [5.41, 5.74) is 2.94. The van der Waals surface area contributed by atoms with Gasteiger partial charge in [-0.25, -0.2) is 0 Å². The molecule has 5 rings (SSSR count). The number of nitrogens with one attached hydrogen (secondary N) is 1. The maximum atomic E-state index is 4.39. The third-order valence-electron chi connectivity index (χ3n) is 19.5. The molecule has 5 fully saturated rings. The summed E-state index contributed by atoms with van der Waals surface area (Å²) in [4.78, 5) is 0. The maximum absolute atomic E-state index is 4.39. The van der Waals surface area contributed by atoms with Crippen LogP contribution in [-0.4, -0.2) is 19.4 Å². The molecule has 52 heavy (non-hydrogen) atoms. The van der Waals surface area contributed by atoms with E-state index in [-0.39, 0.29) is 26.7 Å². The van der Waals surface area contributed by atoms with Crippen LogP contribution in [0.2, 0.25) is 0 Å². The molecule has 0 aromatic heterocycles. The molecule has 0 spiro atoms. The van der Waals surface area contributed by atoms with Crippen LogP contribution >= 0.6 is 0 Å². The molecule has 1 N–H and O–H groups in total. The molecule has 0 radical (unpaired) electrons. The average Bonchev–Trinajstić information content (AvgIpc) is 3.44. The van der Waals surface area contributed by atoms with Crippen molar-refractivity contribution in [3.05, 3.63) is 12.2 Å². The SMILES string of the molecule is CCC/C=C\C(C)C(C)(C)NC(C)C12CCC(C(C)C)C1C1CCC3C4(C)CCC([I-]C(C)CC(C)(C)C(C)C)C(C)(C)C4CCC3(C)C1(C)CC2. The molecule has 0 saturated heterocycles. The van der Waals surface area contributed by atoms with Gasteiger partial charge < -0.3 is 0 Å². The zero-order chi connectivity index (χ0) is 38.9. The van der Waals surface area contributed by atoms with E-state index in [1.807, 2.05) is 0 Å². The molecule has 0 aliphatic heterocycles. The first-order valence-corrected chi connectivity index (χ1v) is 25.5. The van der Waals surface area contributed by atoms with Crippen molar-refractivity contribution < 1.29 is 21.2 Å². The third kappa shape index (κ3) is 7.24. The minimum absolute atomic E-state index is 0.104. The van der Waals surface area contributed by atoms with Gasteiger partial charge in [-0.15, -0.1) is 0 Å². The summed E-state index contributed by atoms with van der Waals surface area (Å²) in [6.07, 6.45) is 23.6. The summed E-state index contributed by atoms with van der Waals surface area (Å²) in [7, 11) is 0. The number of hydrogen-bond donors (Lipinski definition) is 1. The van der Waals surface area contributed by atoms with E-state index in [0.717, 1.165) is 49.3 Å². The van der Waals surface area contributed by atoms with E-state index in [0.29, 0.717) is 44.4 Å². The predicted octanol–water partition coefficient (Wildman–Crippen LogP) is 11.4. The van der Waals surface area contributed by atoms with Crippen LogP contribution in [0, 0.1) is 79.8 Å². The van der Waals surface area contributed by atoms with Crippen LogP contribution in [-0.2, 0) is 0 Å². The topological polar surface area (TPSA) is 12.0 Å². The molecule has 0 amide bonds. The van der Waals surface area contributed by atoms with Gasteiger partial charge in [0.25, 0.3) is 0 Å². The van der Waals surface area contributed by atoms with E-state index >= 15 is 0 Å². The number of hydrogen-bond acceptors (Lipinski definition) is 1. The van der Waals surface area contributed by atoms with Crippen LogP contribution in [0.4, 0.5) is 0 Å². The van der Waals surface area contributed by atoms with Crippen molar-refractivity contribution >= 4 is 0 Å². The quantitative estimate of drug-likeness (QED) is 0.111. The Labute approximate surface area is 337 Å². The van der Waals surface area contributed by atoms with Crippen molar-refractivity contribution in [1.82, 2.24) is 5.32 Å². The number of allylic oxidation sites excluding steroid dienone is 1. The summed E-state index contributed by atoms with van der Waals surface area (Å²) in [6.45, 7) is 44.3. The molecule has 5 aliphatic rings. The zero-order valence-corrected chi connectivity index (χ0v) is 40.2. The number of unbranched alkanes of at least 4 members (excludes halogenated alkanes) is 1. The Morgan fingerprint density at radius 1 is 0.750 bits per heavy atom. The summed E-state index contributed by atoms with van der Waals surface area (Å²) in [5, 5.41) is 4.39. The van der Waals surface area contributed by atoms with Gasteiger partial charge in [-0.3, -0.25) is 0 Å². The molecule has 1 nitrogen and oxygen atoms in total. The molecule has 0 aromatic carbocycles. The van der Waals surface area contributed by atoms with Crippen molar-refractivity contribution in [3.63, 3.8) is 0 Å². The van der Waals surface area contributed by atoms with Gasteiger partial charge >= 0.3 is 275 Å². The van der Waals surface area contributed by atoms with Crippen molar-refractivity contribution in [2.75, 3.05) is 0 Å². The van der Waals surface area contributed by atoms with Crippen LogP contribution < -0.4 is 26.5 Å². The first-order valence-electron chi connectivity index (χ1n) is 23.0. The normalized spacial score (nSPS) is 42.5. The molecule has 0 bridgehead atoms. The van der Waals surface area contributed by atoms with E-state index in [9.17, 15) is 0 Å². The van der Waals surface area contributed by atoms with Crippen molar-refractivity contribution in [1.29, 1.82) is 0 Å². The molecule has 13 unspecified atom stereocenters. The number of fused-ring (bicyclic) bond motifs is 7. The van der Waals surface area contributed by atoms with Gasteiger partial charge in [0, 0.05) is 5.54 Å². The number of halogens is 1. The second-order valence-electron chi connectivity index (χ2n) is 23.5. The summed E-state index contributed by atoms with van der Waals surface area (Å²) >= 11 is 0.187. The Morgan fingerprint density at radius 2 is 1.42 bits per heavy atom. The molecule has 0 aromatic rings. The second kappa shape index (κ2) is 15.3. The van der Waals surface area contributed by atoms with Crippen LogP contribution in [0.3, 0.4) is 0 Å². The fourth-order valence-electron chi connectivity index (χ4n) is 15.2. The number of alkyl halides is 2. The molecular weight excluding hydrogens is 741 g/mol. The summed E-state index contributed by atoms with van der Waals surface area (Å²) in [5.74, 6) is 6.52. The van der Waals surface area contributed by atoms with E-state index in [2.05, 4.69) is 135 Å². The monoisotopic (exact) mass is 833 g/mol. The summed E-state index contributed by atoms with van der Waals surface area (Å²) < 4.78 is 1.92. The van der Waals surface area contributed by atoms with Gasteiger partial charge in [0.05, 0.1) is 0 Å². The van der Waals surface area contributed by atoms with Gasteiger partial charge in [-0.05, 0) is 26.2 Å². The van der Waals surface area contributed by atoms with Gasteiger partial charge in [0.1, 0.15) is 0 Å². The van der Waals surface area contributed by atoms with Gasteiger partial charge in [-0.1, -0.05) is 32.4 Å². The molecule has 0 heterocycles. The first kappa shape index (κ1) is 43.6. The zero-order valence-electron chi connectivity index (χ0n) is 38.1. The molecule has 5 saturated carbocycles. The second-order valence-corrected chi connectivity index (χ2v) is 27.9. The van der Waals surface area contributed by atoms with Gasteiger partial charge in [-0.2, -0.15) is 0 Å². The van der Waals surface area contributed by atoms with Crippen molar-refractivity contribution in [3.8, 4) is 0 Å². The Kier molecular flexibility index (Phi) is 12.8. The molecular formula is C50H91IN-. The van der Waals surface area contributed by atoms with Crippen molar-refractivity contribution in [2.24, 2.45) is 79.8 Å². The average molecular weight is 833 g/mol. The number of rotatable bonds is 13. The van der Waals surface area contributed by atoms with E-state index in [1.54, 1.807) is 0 Å². The van der Waals surface area contributed by atoms with E-state index in [1.165, 1.54) is 83.5 Å². The molecule has 5 aliphatic carbocycles. The van der Waals surface area contributed by atoms with Crippen LogP contribution in [0.5, 0.6) is 0 Å². The van der Waals surface area contributed by atoms with E-state index < -0.39 is 0 Å². The van der Waals surface area contributed by atoms with Gasteiger partial charge in [0.2, 0.25) is 0 Å². The van der Waals surface area contributed by atoms with Crippen molar-refractivity contribution in [2.45, 2.75) is 221 Å². The van der Waals surface area contributed by atoms with Crippen LogP contribution in [0.15, 0.2) is 12.2 Å². The molecule has 13 atom stereocenters. The van der Waals surface area contributed by atoms with E-state index in [4.69, 9.17) is 0 Å². The fourth-order valence-corrected chi connectivity index (χ4v) is 20.1. The fraction of sp³-hybridized carbons (Fsp3) is 0.960. The Balaban J connectivity index is 1.40. The summed E-state index contributed by atoms with van der Waals surface area (Å²) in [6, 6.07) is 0.564. The molecule has 2 heteroatoms. The Bertz CT molecular complexity index is 1240. The first-order chi connectivity index (χ1) is 23.9. The predicted molar refractivity (Wildman–Crippen MR) is 225 cm³/mol.